The van der Waals surface area contributed by atoms with Gasteiger partial charge in [0, 0.05) is 38.8 Å². The maximum absolute atomic E-state index is 11.0. The predicted molar refractivity (Wildman–Crippen MR) is 71.1 cm³/mol. The molecule has 2 heterocycles. The van der Waals surface area contributed by atoms with Gasteiger partial charge in [-0.15, -0.1) is 0 Å². The molecule has 1 aliphatic heterocycles. The highest BCUT2D eigenvalue weighted by Gasteiger charge is 2.19. The van der Waals surface area contributed by atoms with E-state index in [4.69, 9.17) is 5.26 Å². The van der Waals surface area contributed by atoms with E-state index in [1.807, 2.05) is 12.1 Å². The van der Waals surface area contributed by atoms with E-state index in [1.54, 1.807) is 13.1 Å². The summed E-state index contributed by atoms with van der Waals surface area (Å²) in [4.78, 5) is 17.3. The number of hydrogen-bond donors (Lipinski definition) is 1. The molecule has 0 spiro atoms. The van der Waals surface area contributed by atoms with Crippen LogP contribution in [0.25, 0.3) is 0 Å². The van der Waals surface area contributed by atoms with E-state index >= 15 is 0 Å². The monoisotopic (exact) mass is 258 g/mol. The van der Waals surface area contributed by atoms with Crippen molar-refractivity contribution in [1.29, 1.82) is 5.26 Å². The topological polar surface area (TPSA) is 69.0 Å². The summed E-state index contributed by atoms with van der Waals surface area (Å²) in [5.41, 5.74) is 1.58. The summed E-state index contributed by atoms with van der Waals surface area (Å²) in [7, 11) is 0. The van der Waals surface area contributed by atoms with Gasteiger partial charge in [0.1, 0.15) is 11.8 Å². The van der Waals surface area contributed by atoms with Crippen molar-refractivity contribution in [2.75, 3.05) is 13.1 Å². The third-order valence-electron chi connectivity index (χ3n) is 3.34. The highest BCUT2D eigenvalue weighted by Crippen LogP contribution is 2.14. The number of carbonyl (C=O) groups is 1. The Labute approximate surface area is 113 Å². The number of pyridine rings is 1. The fraction of sp³-hybridized carbons (Fsp3) is 0.500. The minimum Gasteiger partial charge on any atom is -0.354 e. The average Bonchev–Trinajstić information content (AvgIpc) is 2.41. The fourth-order valence-electron chi connectivity index (χ4n) is 2.41. The van der Waals surface area contributed by atoms with E-state index in [0.717, 1.165) is 38.0 Å². The second-order valence-electron chi connectivity index (χ2n) is 4.91. The van der Waals surface area contributed by atoms with Crippen LogP contribution in [0.4, 0.5) is 0 Å². The van der Waals surface area contributed by atoms with Gasteiger partial charge in [0.25, 0.3) is 0 Å². The quantitative estimate of drug-likeness (QED) is 0.880. The summed E-state index contributed by atoms with van der Waals surface area (Å²) >= 11 is 0. The third kappa shape index (κ3) is 4.04. The lowest BCUT2D eigenvalue weighted by atomic mass is 10.0. The highest BCUT2D eigenvalue weighted by molar-refractivity contribution is 5.73. The fourth-order valence-corrected chi connectivity index (χ4v) is 2.41. The number of nitriles is 1. The number of carbonyl (C=O) groups excluding carboxylic acids is 1. The lowest BCUT2D eigenvalue weighted by Crippen LogP contribution is -2.43. The first-order valence-corrected chi connectivity index (χ1v) is 6.52. The van der Waals surface area contributed by atoms with Crippen LogP contribution in [0.15, 0.2) is 18.3 Å². The Bertz CT molecular complexity index is 486. The highest BCUT2D eigenvalue weighted by atomic mass is 16.1. The predicted octanol–water partition coefficient (Wildman–Crippen LogP) is 1.05. The van der Waals surface area contributed by atoms with Crippen molar-refractivity contribution in [2.45, 2.75) is 32.4 Å². The second kappa shape index (κ2) is 6.30. The molecule has 19 heavy (non-hydrogen) atoms. The third-order valence-corrected chi connectivity index (χ3v) is 3.34. The Morgan fingerprint density at radius 3 is 2.95 bits per heavy atom. The van der Waals surface area contributed by atoms with Crippen LogP contribution in [-0.2, 0) is 11.3 Å². The molecule has 0 bridgehead atoms. The molecule has 0 unspecified atom stereocenters. The van der Waals surface area contributed by atoms with Gasteiger partial charge in [-0.05, 0) is 30.5 Å². The number of aromatic nitrogens is 1. The lowest BCUT2D eigenvalue weighted by Gasteiger charge is -2.32. The van der Waals surface area contributed by atoms with Crippen LogP contribution in [0.1, 0.15) is 31.0 Å². The van der Waals surface area contributed by atoms with Crippen molar-refractivity contribution in [3.63, 3.8) is 0 Å². The summed E-state index contributed by atoms with van der Waals surface area (Å²) in [5.74, 6) is 0.0474. The Balaban J connectivity index is 1.85. The molecule has 0 aromatic carbocycles. The summed E-state index contributed by atoms with van der Waals surface area (Å²) in [6.07, 6.45) is 3.64. The molecule has 1 aromatic heterocycles. The Morgan fingerprint density at radius 2 is 2.32 bits per heavy atom. The first-order valence-electron chi connectivity index (χ1n) is 6.52. The number of amides is 1. The smallest absolute Gasteiger partial charge is 0.217 e. The number of nitrogens with one attached hydrogen (secondary N) is 1. The Hall–Kier alpha value is -1.93. The van der Waals surface area contributed by atoms with Crippen LogP contribution >= 0.6 is 0 Å². The second-order valence-corrected chi connectivity index (χ2v) is 4.91. The van der Waals surface area contributed by atoms with Crippen molar-refractivity contribution < 1.29 is 4.79 Å². The number of rotatable bonds is 3. The number of nitrogens with zero attached hydrogens (tertiary/aromatic N) is 3. The molecule has 0 aliphatic carbocycles. The number of likely N-dealkylation sites (tertiary alicyclic amines) is 1. The molecule has 2 rings (SSSR count). The van der Waals surface area contributed by atoms with Gasteiger partial charge in [-0.3, -0.25) is 9.69 Å². The maximum Gasteiger partial charge on any atom is 0.217 e. The van der Waals surface area contributed by atoms with Crippen LogP contribution in [0, 0.1) is 11.3 Å². The molecule has 5 heteroatoms. The first kappa shape index (κ1) is 13.5. The maximum atomic E-state index is 11.0. The van der Waals surface area contributed by atoms with Crippen LogP contribution in [0.2, 0.25) is 0 Å². The summed E-state index contributed by atoms with van der Waals surface area (Å²) < 4.78 is 0. The van der Waals surface area contributed by atoms with Crippen LogP contribution < -0.4 is 5.32 Å². The first-order chi connectivity index (χ1) is 9.17. The van der Waals surface area contributed by atoms with E-state index < -0.39 is 0 Å². The van der Waals surface area contributed by atoms with Crippen molar-refractivity contribution in [2.24, 2.45) is 0 Å². The molecule has 0 atom stereocenters. The van der Waals surface area contributed by atoms with Gasteiger partial charge in [-0.1, -0.05) is 0 Å². The van der Waals surface area contributed by atoms with Gasteiger partial charge < -0.3 is 5.32 Å². The standard InChI is InChI=1S/C14H18N4O/c1-11(19)17-13-3-6-18(7-4-13)10-12-2-5-16-14(8-12)9-15/h2,5,8,13H,3-4,6-7,10H2,1H3,(H,17,19). The number of hydrogen-bond acceptors (Lipinski definition) is 4. The SMILES string of the molecule is CC(=O)NC1CCN(Cc2ccnc(C#N)c2)CC1. The molecule has 1 fully saturated rings. The van der Waals surface area contributed by atoms with Crippen molar-refractivity contribution in [1.82, 2.24) is 15.2 Å². The molecule has 0 saturated carbocycles. The van der Waals surface area contributed by atoms with Crippen LogP contribution in [-0.4, -0.2) is 34.9 Å². The molecular weight excluding hydrogens is 240 g/mol. The largest absolute Gasteiger partial charge is 0.354 e. The van der Waals surface area contributed by atoms with E-state index in [9.17, 15) is 4.79 Å². The molecule has 0 radical (unpaired) electrons. The van der Waals surface area contributed by atoms with Gasteiger partial charge in [0.2, 0.25) is 5.91 Å². The summed E-state index contributed by atoms with van der Waals surface area (Å²) in [6.45, 7) is 4.33. The Kier molecular flexibility index (Phi) is 4.48. The lowest BCUT2D eigenvalue weighted by molar-refractivity contribution is -0.119. The molecule has 1 aromatic rings. The normalized spacial score (nSPS) is 16.8. The van der Waals surface area contributed by atoms with E-state index in [1.165, 1.54) is 0 Å². The minimum absolute atomic E-state index is 0.0474. The number of piperidine rings is 1. The molecule has 1 amide bonds. The van der Waals surface area contributed by atoms with E-state index in [-0.39, 0.29) is 5.91 Å². The molecule has 100 valence electrons. The van der Waals surface area contributed by atoms with Crippen LogP contribution in [0.5, 0.6) is 0 Å². The molecule has 5 nitrogen and oxygen atoms in total. The van der Waals surface area contributed by atoms with Gasteiger partial charge in [0.05, 0.1) is 0 Å². The summed E-state index contributed by atoms with van der Waals surface area (Å²) in [5, 5.41) is 11.8. The molecule has 1 saturated heterocycles. The van der Waals surface area contributed by atoms with Gasteiger partial charge in [0.15, 0.2) is 0 Å². The van der Waals surface area contributed by atoms with Gasteiger partial charge in [-0.25, -0.2) is 4.98 Å². The summed E-state index contributed by atoms with van der Waals surface area (Å²) in [6, 6.07) is 6.14. The average molecular weight is 258 g/mol. The van der Waals surface area contributed by atoms with Crippen LogP contribution in [0.3, 0.4) is 0 Å². The van der Waals surface area contributed by atoms with E-state index in [0.29, 0.717) is 11.7 Å². The Morgan fingerprint density at radius 1 is 1.58 bits per heavy atom. The molecule has 1 N–H and O–H groups in total. The van der Waals surface area contributed by atoms with Gasteiger partial charge >= 0.3 is 0 Å². The van der Waals surface area contributed by atoms with E-state index in [2.05, 4.69) is 21.3 Å². The zero-order valence-corrected chi connectivity index (χ0v) is 11.1. The minimum atomic E-state index is 0.0474. The van der Waals surface area contributed by atoms with Crippen molar-refractivity contribution in [3.05, 3.63) is 29.6 Å². The van der Waals surface area contributed by atoms with Gasteiger partial charge in [-0.2, -0.15) is 5.26 Å². The van der Waals surface area contributed by atoms with Crippen molar-refractivity contribution in [3.8, 4) is 6.07 Å². The van der Waals surface area contributed by atoms with Crippen molar-refractivity contribution >= 4 is 5.91 Å². The zero-order chi connectivity index (χ0) is 13.7. The zero-order valence-electron chi connectivity index (χ0n) is 11.1. The molecular formula is C14H18N4O. The molecule has 1 aliphatic rings.